The molecule has 1 saturated carbocycles. The van der Waals surface area contributed by atoms with Crippen LogP contribution in [0.25, 0.3) is 16.8 Å². The van der Waals surface area contributed by atoms with Gasteiger partial charge < -0.3 is 31.1 Å². The summed E-state index contributed by atoms with van der Waals surface area (Å²) in [5, 5.41) is 24.5. The molecule has 14 rings (SSSR count). The Morgan fingerprint density at radius 2 is 0.953 bits per heavy atom. The lowest BCUT2D eigenvalue weighted by Crippen LogP contribution is -2.26. The molecule has 0 spiro atoms. The van der Waals surface area contributed by atoms with E-state index in [1.54, 1.807) is 33.6 Å². The topological polar surface area (TPSA) is 194 Å². The van der Waals surface area contributed by atoms with Gasteiger partial charge in [-0.25, -0.2) is 41.3 Å². The zero-order chi connectivity index (χ0) is 74.7. The van der Waals surface area contributed by atoms with Crippen molar-refractivity contribution in [2.45, 2.75) is 130 Å². The Bertz CT molecular complexity index is 5280. The molecular weight excluding hydrogens is 1380 g/mol. The molecule has 0 radical (unpaired) electrons. The molecule has 23 heteroatoms. The average Bonchev–Trinajstić information content (AvgIpc) is 1.61. The van der Waals surface area contributed by atoms with Gasteiger partial charge in [0, 0.05) is 79.6 Å². The number of halogens is 6. The highest BCUT2D eigenvalue weighted by Gasteiger charge is 2.31. The number of anilines is 1. The Morgan fingerprint density at radius 3 is 1.41 bits per heavy atom. The molecule has 0 unspecified atom stereocenters. The molecule has 0 saturated heterocycles. The van der Waals surface area contributed by atoms with E-state index >= 15 is 0 Å². The van der Waals surface area contributed by atoms with Gasteiger partial charge in [0.15, 0.2) is 40.7 Å². The second-order valence-electron chi connectivity index (χ2n) is 27.0. The molecule has 1 aliphatic carbocycles. The highest BCUT2D eigenvalue weighted by atomic mass is 32.1. The molecule has 7 aromatic heterocycles. The van der Waals surface area contributed by atoms with Crippen LogP contribution in [0.5, 0.6) is 16.8 Å². The van der Waals surface area contributed by atoms with Crippen molar-refractivity contribution < 1.29 is 50.6 Å². The number of aromatic hydroxyl groups is 1. The van der Waals surface area contributed by atoms with Gasteiger partial charge in [0.2, 0.25) is 5.88 Å². The maximum Gasteiger partial charge on any atom is 0.279 e. The van der Waals surface area contributed by atoms with Crippen molar-refractivity contribution in [3.8, 4) is 16.8 Å². The molecule has 16 nitrogen and oxygen atoms in total. The van der Waals surface area contributed by atoms with E-state index in [0.29, 0.717) is 81.4 Å². The minimum atomic E-state index is -0.966. The maximum absolute atomic E-state index is 13.7. The fourth-order valence-electron chi connectivity index (χ4n) is 13.6. The fourth-order valence-corrected chi connectivity index (χ4v) is 14.1. The van der Waals surface area contributed by atoms with E-state index in [1.807, 2.05) is 116 Å². The second kappa shape index (κ2) is 33.5. The van der Waals surface area contributed by atoms with Gasteiger partial charge >= 0.3 is 0 Å². The molecule has 0 bridgehead atoms. The minimum absolute atomic E-state index is 0.00145. The third-order valence-corrected chi connectivity index (χ3v) is 19.1. The van der Waals surface area contributed by atoms with Gasteiger partial charge in [-0.05, 0) is 129 Å². The number of fused-ring (bicyclic) bond motifs is 3. The molecule has 106 heavy (non-hydrogen) atoms. The average molecular weight is 1460 g/mol. The predicted octanol–water partition coefficient (Wildman–Crippen LogP) is 18.1. The SMILES string of the molecule is CC(C)c1c(Cc2ccccc2)c2cc(NC3CCCC3)ncn2c1C(=O)NCc1ccc(F)c(F)c1.CC(C)c1c(Cc2ccccc2)c2nc(Oc3nccs3)ccn2c1C(=O)NCc1ccc(F)c(F)c1.CC(C)c1c(Cc2ccccc2)c2ncc(O)cn2c1C(=O)NCc1ccc(F)c(F)c1. The van der Waals surface area contributed by atoms with E-state index in [-0.39, 0.29) is 60.9 Å². The van der Waals surface area contributed by atoms with Crippen LogP contribution in [0.15, 0.2) is 194 Å². The summed E-state index contributed by atoms with van der Waals surface area (Å²) < 4.78 is 91.8. The Morgan fingerprint density at radius 1 is 0.509 bits per heavy atom. The van der Waals surface area contributed by atoms with Crippen LogP contribution < -0.4 is 26.0 Å². The number of rotatable bonds is 22. The summed E-state index contributed by atoms with van der Waals surface area (Å²) in [6, 6.07) is 45.0. The van der Waals surface area contributed by atoms with Crippen molar-refractivity contribution >= 4 is 51.7 Å². The van der Waals surface area contributed by atoms with Crippen LogP contribution in [0.3, 0.4) is 0 Å². The summed E-state index contributed by atoms with van der Waals surface area (Å²) in [5.41, 5.74) is 13.8. The first-order valence-corrected chi connectivity index (χ1v) is 35.9. The number of aromatic nitrogens is 7. The van der Waals surface area contributed by atoms with Gasteiger partial charge in [-0.3, -0.25) is 27.6 Å². The highest BCUT2D eigenvalue weighted by molar-refractivity contribution is 7.11. The Labute approximate surface area is 613 Å². The maximum atomic E-state index is 13.7. The van der Waals surface area contributed by atoms with Crippen molar-refractivity contribution in [2.24, 2.45) is 0 Å². The zero-order valence-corrected chi connectivity index (χ0v) is 60.1. The number of hydrogen-bond donors (Lipinski definition) is 5. The first kappa shape index (κ1) is 74.1. The number of carbonyl (C=O) groups excluding carboxylic acids is 3. The molecule has 6 aromatic carbocycles. The molecule has 5 N–H and O–H groups in total. The second-order valence-corrected chi connectivity index (χ2v) is 27.8. The lowest BCUT2D eigenvalue weighted by molar-refractivity contribution is 0.0935. The van der Waals surface area contributed by atoms with E-state index < -0.39 is 34.9 Å². The van der Waals surface area contributed by atoms with Crippen LogP contribution in [0.1, 0.15) is 183 Å². The van der Waals surface area contributed by atoms with E-state index in [2.05, 4.69) is 68.3 Å². The van der Waals surface area contributed by atoms with Crippen molar-refractivity contribution in [3.63, 3.8) is 0 Å². The lowest BCUT2D eigenvalue weighted by Gasteiger charge is -2.13. The molecule has 1 fully saturated rings. The van der Waals surface area contributed by atoms with Crippen LogP contribution in [0, 0.1) is 34.9 Å². The standard InChI is InChI=1S/C30H32F2N4O.C28H24F2N4O2S.C25H23F2N3O2/c1-19(2)28-23(14-20-8-4-3-5-9-20)26-16-27(35-22-10-6-7-11-22)34-18-36(26)29(28)30(37)33-17-21-12-13-24(31)25(32)15-21;1-17(2)24-20(14-18-6-4-3-5-7-18)26-33-23(36-28-31-11-13-37-28)10-12-34(26)25(24)27(35)32-16-19-8-9-21(29)22(30)15-19;1-15(2)22-19(10-16-6-4-3-5-7-16)24-28-13-18(31)14-30(24)23(22)25(32)29-12-17-8-9-20(26)21(27)11-17/h3-5,8-9,12-13,15-16,18-19,22,35H,6-7,10-11,14,17H2,1-2H3,(H,33,37);3-13,15,17H,14,16H2,1-2H3,(H,32,35);3-9,11,13-15,31H,10,12H2,1-2H3,(H,29,32). The third kappa shape index (κ3) is 17.3. The largest absolute Gasteiger partial charge is 0.505 e. The molecule has 0 aliphatic heterocycles. The minimum Gasteiger partial charge on any atom is -0.505 e. The quantitative estimate of drug-likeness (QED) is 0.0408. The summed E-state index contributed by atoms with van der Waals surface area (Å²) in [5.74, 6) is -5.42. The number of hydrogen-bond acceptors (Lipinski definition) is 11. The van der Waals surface area contributed by atoms with Crippen molar-refractivity contribution in [1.29, 1.82) is 0 Å². The van der Waals surface area contributed by atoms with E-state index in [0.717, 1.165) is 111 Å². The summed E-state index contributed by atoms with van der Waals surface area (Å²) >= 11 is 1.36. The summed E-state index contributed by atoms with van der Waals surface area (Å²) in [7, 11) is 0. The predicted molar refractivity (Wildman–Crippen MR) is 398 cm³/mol. The van der Waals surface area contributed by atoms with Gasteiger partial charge in [-0.2, -0.15) is 4.98 Å². The van der Waals surface area contributed by atoms with Crippen LogP contribution in [0.2, 0.25) is 0 Å². The molecule has 544 valence electrons. The third-order valence-electron chi connectivity index (χ3n) is 18.4. The highest BCUT2D eigenvalue weighted by Crippen LogP contribution is 2.37. The molecule has 7 heterocycles. The van der Waals surface area contributed by atoms with E-state index in [4.69, 9.17) is 9.72 Å². The van der Waals surface area contributed by atoms with Crippen molar-refractivity contribution in [3.05, 3.63) is 313 Å². The Balaban J connectivity index is 0.000000150. The Kier molecular flexibility index (Phi) is 23.4. The van der Waals surface area contributed by atoms with Gasteiger partial charge in [-0.1, -0.05) is 175 Å². The number of nitrogens with one attached hydrogen (secondary N) is 4. The zero-order valence-electron chi connectivity index (χ0n) is 59.2. The van der Waals surface area contributed by atoms with Gasteiger partial charge in [0.25, 0.3) is 22.9 Å². The molecule has 13 aromatic rings. The number of benzene rings is 6. The van der Waals surface area contributed by atoms with Gasteiger partial charge in [-0.15, -0.1) is 0 Å². The number of amides is 3. The van der Waals surface area contributed by atoms with Crippen LogP contribution in [-0.2, 0) is 38.9 Å². The fraction of sp³-hybridized carbons (Fsp3) is 0.241. The summed E-state index contributed by atoms with van der Waals surface area (Å²) in [6.07, 6.45) is 14.5. The van der Waals surface area contributed by atoms with Crippen LogP contribution >= 0.6 is 11.3 Å². The first-order valence-electron chi connectivity index (χ1n) is 35.1. The number of ether oxygens (including phenoxy) is 1. The summed E-state index contributed by atoms with van der Waals surface area (Å²) in [4.78, 5) is 58.4. The molecule has 3 amide bonds. The van der Waals surface area contributed by atoms with E-state index in [9.17, 15) is 45.8 Å². The van der Waals surface area contributed by atoms with E-state index in [1.165, 1.54) is 54.8 Å². The normalized spacial score (nSPS) is 12.2. The summed E-state index contributed by atoms with van der Waals surface area (Å²) in [6.45, 7) is 12.4. The smallest absolute Gasteiger partial charge is 0.279 e. The molecule has 0 atom stereocenters. The first-order chi connectivity index (χ1) is 51.2. The lowest BCUT2D eigenvalue weighted by atomic mass is 9.93. The molecular formula is C83H79F6N11O5S. The van der Waals surface area contributed by atoms with Crippen LogP contribution in [0.4, 0.5) is 32.2 Å². The van der Waals surface area contributed by atoms with Crippen molar-refractivity contribution in [1.82, 2.24) is 49.1 Å². The van der Waals surface area contributed by atoms with Gasteiger partial charge in [0.05, 0.1) is 17.9 Å². The van der Waals surface area contributed by atoms with Gasteiger partial charge in [0.1, 0.15) is 40.5 Å². The van der Waals surface area contributed by atoms with Crippen LogP contribution in [-0.4, -0.2) is 62.0 Å². The van der Waals surface area contributed by atoms with Crippen molar-refractivity contribution in [2.75, 3.05) is 5.32 Å². The number of carbonyl (C=O) groups is 3. The molecule has 1 aliphatic rings. The monoisotopic (exact) mass is 1460 g/mol. The Hall–Kier alpha value is -11.6. The number of thiazole rings is 1. The number of nitrogens with zero attached hydrogens (tertiary/aromatic N) is 7.